The van der Waals surface area contributed by atoms with Gasteiger partial charge in [-0.15, -0.1) is 0 Å². The van der Waals surface area contributed by atoms with Crippen LogP contribution in [0.3, 0.4) is 0 Å². The minimum Gasteiger partial charge on any atom is -0.497 e. The van der Waals surface area contributed by atoms with Crippen LogP contribution in [0.5, 0.6) is 5.75 Å². The molecule has 27 heavy (non-hydrogen) atoms. The number of halogens is 3. The fraction of sp³-hybridized carbons (Fsp3) is 0.550. The second kappa shape index (κ2) is 11.0. The summed E-state index contributed by atoms with van der Waals surface area (Å²) in [5, 5.41) is 0. The van der Waals surface area contributed by atoms with Crippen LogP contribution in [0, 0.1) is 5.92 Å². The fourth-order valence-corrected chi connectivity index (χ4v) is 2.87. The number of benzene rings is 1. The van der Waals surface area contributed by atoms with Gasteiger partial charge in [-0.25, -0.2) is 4.99 Å². The Hall–Kier alpha value is -2.02. The van der Waals surface area contributed by atoms with E-state index in [4.69, 9.17) is 14.2 Å². The molecule has 0 aromatic heterocycles. The molecule has 1 fully saturated rings. The highest BCUT2D eigenvalue weighted by Gasteiger charge is 2.38. The van der Waals surface area contributed by atoms with E-state index < -0.39 is 12.1 Å². The van der Waals surface area contributed by atoms with Crippen LogP contribution in [-0.4, -0.2) is 39.0 Å². The van der Waals surface area contributed by atoms with Gasteiger partial charge in [-0.1, -0.05) is 25.3 Å². The van der Waals surface area contributed by atoms with Gasteiger partial charge in [0.05, 0.1) is 19.4 Å². The van der Waals surface area contributed by atoms with Gasteiger partial charge in [0.25, 0.3) is 5.90 Å². The molecule has 0 spiro atoms. The van der Waals surface area contributed by atoms with Crippen LogP contribution in [0.2, 0.25) is 0 Å². The molecule has 0 amide bonds. The molecule has 0 aliphatic heterocycles. The first-order valence-electron chi connectivity index (χ1n) is 9.14. The summed E-state index contributed by atoms with van der Waals surface area (Å²) in [6, 6.07) is 5.94. The molecule has 0 radical (unpaired) electrons. The van der Waals surface area contributed by atoms with E-state index in [1.54, 1.807) is 6.08 Å². The number of aliphatic imine (C=N–C) groups is 1. The normalized spacial score (nSPS) is 16.7. The van der Waals surface area contributed by atoms with Crippen molar-refractivity contribution in [3.05, 3.63) is 36.4 Å². The van der Waals surface area contributed by atoms with E-state index in [-0.39, 0.29) is 12.3 Å². The molecule has 1 saturated carbocycles. The average molecular weight is 385 g/mol. The third kappa shape index (κ3) is 8.03. The summed E-state index contributed by atoms with van der Waals surface area (Å²) in [6.07, 6.45) is 4.73. The lowest BCUT2D eigenvalue weighted by molar-refractivity contribution is -0.0770. The van der Waals surface area contributed by atoms with Crippen LogP contribution in [-0.2, 0) is 9.47 Å². The van der Waals surface area contributed by atoms with Gasteiger partial charge in [-0.3, -0.25) is 0 Å². The molecular weight excluding hydrogens is 359 g/mol. The van der Waals surface area contributed by atoms with Crippen LogP contribution in [0.15, 0.2) is 41.4 Å². The second-order valence-corrected chi connectivity index (χ2v) is 6.44. The molecule has 0 saturated heterocycles. The molecule has 1 aromatic carbocycles. The zero-order valence-electron chi connectivity index (χ0n) is 15.5. The largest absolute Gasteiger partial charge is 0.497 e. The van der Waals surface area contributed by atoms with Gasteiger partial charge < -0.3 is 14.2 Å². The number of methoxy groups -OCH3 is 1. The van der Waals surface area contributed by atoms with Gasteiger partial charge in [0, 0.05) is 6.61 Å². The predicted octanol–water partition coefficient (Wildman–Crippen LogP) is 5.46. The smallest absolute Gasteiger partial charge is 0.468 e. The van der Waals surface area contributed by atoms with Gasteiger partial charge >= 0.3 is 6.18 Å². The summed E-state index contributed by atoms with van der Waals surface area (Å²) in [6.45, 7) is 0.857. The van der Waals surface area contributed by atoms with E-state index in [1.165, 1.54) is 69.6 Å². The minimum atomic E-state index is -4.66. The molecule has 0 unspecified atom stereocenters. The predicted molar refractivity (Wildman–Crippen MR) is 98.6 cm³/mol. The standard InChI is InChI=1S/C20H26F3NO3/c1-25-18-11-9-17(10-12-18)24-19(20(21,22)23)27-14-6-5-13-26-15-16-7-3-2-4-8-16/h5-6,9-12,16H,2-4,7-8,13-15H2,1H3/b6-5+,24-19?. The third-order valence-corrected chi connectivity index (χ3v) is 4.32. The highest BCUT2D eigenvalue weighted by molar-refractivity contribution is 5.84. The Morgan fingerprint density at radius 2 is 1.74 bits per heavy atom. The molecular formula is C20H26F3NO3. The topological polar surface area (TPSA) is 40.0 Å². The first-order chi connectivity index (χ1) is 13.0. The van der Waals surface area contributed by atoms with E-state index in [2.05, 4.69) is 4.99 Å². The molecule has 7 heteroatoms. The summed E-state index contributed by atoms with van der Waals surface area (Å²) < 4.78 is 54.5. The van der Waals surface area contributed by atoms with Crippen molar-refractivity contribution in [2.45, 2.75) is 38.3 Å². The summed E-state index contributed by atoms with van der Waals surface area (Å²) in [7, 11) is 1.48. The van der Waals surface area contributed by atoms with Crippen LogP contribution in [0.25, 0.3) is 0 Å². The van der Waals surface area contributed by atoms with Crippen molar-refractivity contribution in [3.8, 4) is 5.75 Å². The van der Waals surface area contributed by atoms with E-state index in [0.717, 1.165) is 0 Å². The molecule has 0 N–H and O–H groups in total. The van der Waals surface area contributed by atoms with Gasteiger partial charge in [0.15, 0.2) is 0 Å². The molecule has 0 bridgehead atoms. The van der Waals surface area contributed by atoms with E-state index >= 15 is 0 Å². The number of hydrogen-bond donors (Lipinski definition) is 0. The zero-order valence-corrected chi connectivity index (χ0v) is 15.5. The fourth-order valence-electron chi connectivity index (χ4n) is 2.87. The minimum absolute atomic E-state index is 0.142. The van der Waals surface area contributed by atoms with Gasteiger partial charge in [0.1, 0.15) is 12.4 Å². The first-order valence-corrected chi connectivity index (χ1v) is 9.14. The lowest BCUT2D eigenvalue weighted by atomic mass is 9.90. The number of rotatable bonds is 8. The Kier molecular flexibility index (Phi) is 8.64. The number of alkyl halides is 3. The molecule has 2 rings (SSSR count). The van der Waals surface area contributed by atoms with Gasteiger partial charge in [-0.2, -0.15) is 13.2 Å². The first kappa shape index (κ1) is 21.3. The number of nitrogens with zero attached hydrogens (tertiary/aromatic N) is 1. The summed E-state index contributed by atoms with van der Waals surface area (Å²) in [5.41, 5.74) is 0.142. The zero-order chi connectivity index (χ0) is 19.5. The van der Waals surface area contributed by atoms with E-state index in [9.17, 15) is 13.2 Å². The van der Waals surface area contributed by atoms with Crippen molar-refractivity contribution in [1.82, 2.24) is 0 Å². The second-order valence-electron chi connectivity index (χ2n) is 6.44. The van der Waals surface area contributed by atoms with Crippen LogP contribution < -0.4 is 4.74 Å². The van der Waals surface area contributed by atoms with Gasteiger partial charge in [-0.05, 0) is 49.1 Å². The van der Waals surface area contributed by atoms with Crippen molar-refractivity contribution in [2.75, 3.05) is 26.9 Å². The van der Waals surface area contributed by atoms with E-state index in [0.29, 0.717) is 24.9 Å². The molecule has 1 aromatic rings. The maximum atomic E-state index is 13.1. The molecule has 1 aliphatic carbocycles. The Bertz CT molecular complexity index is 606. The summed E-state index contributed by atoms with van der Waals surface area (Å²) in [5.74, 6) is -0.128. The molecule has 0 heterocycles. The maximum absolute atomic E-state index is 13.1. The van der Waals surface area contributed by atoms with Gasteiger partial charge in [0.2, 0.25) is 0 Å². The van der Waals surface area contributed by atoms with Crippen LogP contribution in [0.1, 0.15) is 32.1 Å². The maximum Gasteiger partial charge on any atom is 0.468 e. The Labute approximate surface area is 158 Å². The highest BCUT2D eigenvalue weighted by Crippen LogP contribution is 2.25. The molecule has 4 nitrogen and oxygen atoms in total. The van der Waals surface area contributed by atoms with E-state index in [1.807, 2.05) is 0 Å². The van der Waals surface area contributed by atoms with Crippen molar-refractivity contribution >= 4 is 11.6 Å². The molecule has 1 aliphatic rings. The van der Waals surface area contributed by atoms with Crippen LogP contribution in [0.4, 0.5) is 18.9 Å². The Morgan fingerprint density at radius 3 is 2.37 bits per heavy atom. The number of ether oxygens (including phenoxy) is 3. The monoisotopic (exact) mass is 385 g/mol. The van der Waals surface area contributed by atoms with Crippen molar-refractivity contribution in [1.29, 1.82) is 0 Å². The van der Waals surface area contributed by atoms with Crippen LogP contribution >= 0.6 is 0 Å². The lowest BCUT2D eigenvalue weighted by Crippen LogP contribution is -2.25. The Balaban J connectivity index is 1.77. The number of hydrogen-bond acceptors (Lipinski definition) is 4. The Morgan fingerprint density at radius 1 is 1.07 bits per heavy atom. The SMILES string of the molecule is COc1ccc(N=C(OC/C=C/COCC2CCCCC2)C(F)(F)F)cc1. The summed E-state index contributed by atoms with van der Waals surface area (Å²) >= 11 is 0. The van der Waals surface area contributed by atoms with Crippen molar-refractivity contribution in [3.63, 3.8) is 0 Å². The third-order valence-electron chi connectivity index (χ3n) is 4.32. The quantitative estimate of drug-likeness (QED) is 0.258. The summed E-state index contributed by atoms with van der Waals surface area (Å²) in [4.78, 5) is 3.55. The lowest BCUT2D eigenvalue weighted by Gasteiger charge is -2.20. The van der Waals surface area contributed by atoms with Crippen molar-refractivity contribution in [2.24, 2.45) is 10.9 Å². The average Bonchev–Trinajstić information content (AvgIpc) is 2.67. The molecule has 0 atom stereocenters. The molecule has 150 valence electrons. The highest BCUT2D eigenvalue weighted by atomic mass is 19.4. The van der Waals surface area contributed by atoms with Crippen molar-refractivity contribution < 1.29 is 27.4 Å².